The summed E-state index contributed by atoms with van der Waals surface area (Å²) < 4.78 is 5.54. The Bertz CT molecular complexity index is 1340. The number of pyridine rings is 1. The van der Waals surface area contributed by atoms with E-state index < -0.39 is 17.6 Å². The van der Waals surface area contributed by atoms with Crippen molar-refractivity contribution < 1.29 is 14.3 Å². The predicted molar refractivity (Wildman–Crippen MR) is 163 cm³/mol. The highest BCUT2D eigenvalue weighted by molar-refractivity contribution is 7.98. The maximum Gasteiger partial charge on any atom is 0.407 e. The van der Waals surface area contributed by atoms with Crippen LogP contribution in [0.5, 0.6) is 0 Å². The van der Waals surface area contributed by atoms with Gasteiger partial charge in [0.2, 0.25) is 5.91 Å². The minimum absolute atomic E-state index is 0.0147. The SMILES string of the molecule is Cc1nc(CC(C)(C)C)c(CNC(=O)OC(C)(C)C)c(-c2ccc(CN)cc2)c1CSc1ccc(C(N)=O)cc1. The van der Waals surface area contributed by atoms with Gasteiger partial charge in [0.25, 0.3) is 0 Å². The molecule has 214 valence electrons. The summed E-state index contributed by atoms with van der Waals surface area (Å²) in [5.74, 6) is 0.203. The van der Waals surface area contributed by atoms with Crippen LogP contribution in [-0.4, -0.2) is 22.6 Å². The van der Waals surface area contributed by atoms with Gasteiger partial charge in [-0.1, -0.05) is 45.0 Å². The van der Waals surface area contributed by atoms with E-state index in [1.54, 1.807) is 23.9 Å². The first-order chi connectivity index (χ1) is 18.7. The topological polar surface area (TPSA) is 120 Å². The summed E-state index contributed by atoms with van der Waals surface area (Å²) >= 11 is 1.66. The second-order valence-corrected chi connectivity index (χ2v) is 13.2. The molecule has 0 aliphatic heterocycles. The molecule has 2 aromatic carbocycles. The van der Waals surface area contributed by atoms with Gasteiger partial charge in [0.15, 0.2) is 0 Å². The number of hydrogen-bond donors (Lipinski definition) is 3. The van der Waals surface area contributed by atoms with Gasteiger partial charge in [-0.25, -0.2) is 4.79 Å². The number of aromatic nitrogens is 1. The van der Waals surface area contributed by atoms with Crippen molar-refractivity contribution in [1.29, 1.82) is 0 Å². The van der Waals surface area contributed by atoms with Crippen LogP contribution in [0.2, 0.25) is 0 Å². The molecule has 2 amide bonds. The minimum atomic E-state index is -0.601. The van der Waals surface area contributed by atoms with Gasteiger partial charge in [0.1, 0.15) is 5.60 Å². The molecule has 0 spiro atoms. The fourth-order valence-corrected chi connectivity index (χ4v) is 5.35. The van der Waals surface area contributed by atoms with E-state index in [1.807, 2.05) is 52.0 Å². The molecule has 0 fully saturated rings. The number of carbonyl (C=O) groups excluding carboxylic acids is 2. The third-order valence-corrected chi connectivity index (χ3v) is 7.24. The number of primary amides is 1. The Morgan fingerprint density at radius 3 is 2.10 bits per heavy atom. The molecule has 3 rings (SSSR count). The molecule has 0 saturated heterocycles. The third-order valence-electron chi connectivity index (χ3n) is 6.20. The van der Waals surface area contributed by atoms with Gasteiger partial charge in [-0.3, -0.25) is 9.78 Å². The van der Waals surface area contributed by atoms with Gasteiger partial charge in [-0.05, 0) is 86.1 Å². The number of thioether (sulfide) groups is 1. The first-order valence-corrected chi connectivity index (χ1v) is 14.5. The van der Waals surface area contributed by atoms with Crippen LogP contribution < -0.4 is 16.8 Å². The minimum Gasteiger partial charge on any atom is -0.444 e. The molecular weight excluding hydrogens is 520 g/mol. The van der Waals surface area contributed by atoms with E-state index in [0.717, 1.165) is 50.5 Å². The molecule has 1 heterocycles. The summed E-state index contributed by atoms with van der Waals surface area (Å²) in [7, 11) is 0. The zero-order valence-corrected chi connectivity index (χ0v) is 25.5. The molecule has 7 nitrogen and oxygen atoms in total. The number of ether oxygens (including phenoxy) is 1. The maximum absolute atomic E-state index is 12.7. The normalized spacial score (nSPS) is 11.8. The molecule has 0 unspecified atom stereocenters. The van der Waals surface area contributed by atoms with E-state index in [0.29, 0.717) is 17.9 Å². The number of nitrogens with zero attached hydrogens (tertiary/aromatic N) is 1. The Balaban J connectivity index is 2.12. The van der Waals surface area contributed by atoms with E-state index in [9.17, 15) is 9.59 Å². The summed E-state index contributed by atoms with van der Waals surface area (Å²) in [6, 6.07) is 15.5. The molecule has 3 aromatic rings. The van der Waals surface area contributed by atoms with Crippen molar-refractivity contribution in [2.75, 3.05) is 0 Å². The Kier molecular flexibility index (Phi) is 10.0. The summed E-state index contributed by atoms with van der Waals surface area (Å²) in [5, 5.41) is 2.98. The molecule has 5 N–H and O–H groups in total. The van der Waals surface area contributed by atoms with Gasteiger partial charge in [0, 0.05) is 46.3 Å². The van der Waals surface area contributed by atoms with Gasteiger partial charge in [-0.2, -0.15) is 0 Å². The zero-order chi connectivity index (χ0) is 29.7. The molecule has 40 heavy (non-hydrogen) atoms. The van der Waals surface area contributed by atoms with Crippen molar-refractivity contribution >= 4 is 23.8 Å². The first kappa shape index (κ1) is 31.2. The monoisotopic (exact) mass is 562 g/mol. The molecule has 0 aliphatic rings. The van der Waals surface area contributed by atoms with Crippen molar-refractivity contribution in [3.8, 4) is 11.1 Å². The number of amides is 2. The van der Waals surface area contributed by atoms with Crippen LogP contribution in [0.1, 0.15) is 80.0 Å². The Hall–Kier alpha value is -3.36. The van der Waals surface area contributed by atoms with E-state index in [-0.39, 0.29) is 12.0 Å². The van der Waals surface area contributed by atoms with E-state index in [4.69, 9.17) is 21.2 Å². The number of nitrogens with one attached hydrogen (secondary N) is 1. The molecule has 0 atom stereocenters. The van der Waals surface area contributed by atoms with Gasteiger partial charge in [0.05, 0.1) is 0 Å². The fraction of sp³-hybridized carbons (Fsp3) is 0.406. The Morgan fingerprint density at radius 2 is 1.57 bits per heavy atom. The molecular formula is C32H42N4O3S. The van der Waals surface area contributed by atoms with E-state index in [2.05, 4.69) is 38.2 Å². The van der Waals surface area contributed by atoms with Crippen LogP contribution in [0.25, 0.3) is 11.1 Å². The van der Waals surface area contributed by atoms with Gasteiger partial charge < -0.3 is 21.5 Å². The lowest BCUT2D eigenvalue weighted by atomic mass is 9.85. The van der Waals surface area contributed by atoms with Gasteiger partial charge in [-0.15, -0.1) is 11.8 Å². The molecule has 1 aromatic heterocycles. The molecule has 8 heteroatoms. The molecule has 0 saturated carbocycles. The quantitative estimate of drug-likeness (QED) is 0.255. The second kappa shape index (κ2) is 12.9. The summed E-state index contributed by atoms with van der Waals surface area (Å²) in [5.41, 5.74) is 18.3. The van der Waals surface area contributed by atoms with Crippen molar-refractivity contribution in [3.63, 3.8) is 0 Å². The first-order valence-electron chi connectivity index (χ1n) is 13.5. The standard InChI is InChI=1S/C32H42N4O3S/c1-20-26(19-40-24-14-12-23(13-15-24)29(34)37)28(22-10-8-21(17-33)9-11-22)25(27(36-20)16-31(2,3)4)18-35-30(38)39-32(5,6)7/h8-15H,16-19,33H2,1-7H3,(H2,34,37)(H,35,38). The van der Waals surface area contributed by atoms with Crippen LogP contribution in [0.4, 0.5) is 4.79 Å². The smallest absolute Gasteiger partial charge is 0.407 e. The zero-order valence-electron chi connectivity index (χ0n) is 24.7. The highest BCUT2D eigenvalue weighted by Crippen LogP contribution is 2.37. The number of nitrogens with two attached hydrogens (primary N) is 2. The average molecular weight is 563 g/mol. The molecule has 0 radical (unpaired) electrons. The number of benzene rings is 2. The van der Waals surface area contributed by atoms with Crippen LogP contribution in [-0.2, 0) is 30.0 Å². The van der Waals surface area contributed by atoms with Crippen molar-refractivity contribution in [1.82, 2.24) is 10.3 Å². The summed E-state index contributed by atoms with van der Waals surface area (Å²) in [6.45, 7) is 14.9. The largest absolute Gasteiger partial charge is 0.444 e. The number of rotatable bonds is 9. The van der Waals surface area contributed by atoms with Crippen molar-refractivity contribution in [2.45, 2.75) is 84.2 Å². The van der Waals surface area contributed by atoms with Crippen LogP contribution >= 0.6 is 11.8 Å². The van der Waals surface area contributed by atoms with Crippen LogP contribution in [0.15, 0.2) is 53.4 Å². The Labute approximate surface area is 242 Å². The second-order valence-electron chi connectivity index (χ2n) is 12.1. The summed E-state index contributed by atoms with van der Waals surface area (Å²) in [6.07, 6.45) is 0.277. The highest BCUT2D eigenvalue weighted by Gasteiger charge is 2.24. The number of aryl methyl sites for hydroxylation is 1. The van der Waals surface area contributed by atoms with Crippen molar-refractivity contribution in [3.05, 3.63) is 82.2 Å². The average Bonchev–Trinajstić information content (AvgIpc) is 2.85. The van der Waals surface area contributed by atoms with Crippen molar-refractivity contribution in [2.24, 2.45) is 16.9 Å². The lowest BCUT2D eigenvalue weighted by molar-refractivity contribution is 0.0523. The number of carbonyl (C=O) groups is 2. The fourth-order valence-electron chi connectivity index (χ4n) is 4.36. The van der Waals surface area contributed by atoms with Crippen LogP contribution in [0.3, 0.4) is 0 Å². The van der Waals surface area contributed by atoms with E-state index in [1.165, 1.54) is 0 Å². The molecule has 0 bridgehead atoms. The Morgan fingerprint density at radius 1 is 0.950 bits per heavy atom. The molecule has 0 aliphatic carbocycles. The third kappa shape index (κ3) is 8.83. The van der Waals surface area contributed by atoms with Crippen LogP contribution in [0, 0.1) is 12.3 Å². The summed E-state index contributed by atoms with van der Waals surface area (Å²) in [4.78, 5) is 30.3. The number of alkyl carbamates (subject to hydrolysis) is 1. The highest BCUT2D eigenvalue weighted by atomic mass is 32.2. The predicted octanol–water partition coefficient (Wildman–Crippen LogP) is 6.52. The lowest BCUT2D eigenvalue weighted by Crippen LogP contribution is -2.33. The number of hydrogen-bond acceptors (Lipinski definition) is 6. The maximum atomic E-state index is 12.7. The van der Waals surface area contributed by atoms with Gasteiger partial charge >= 0.3 is 6.09 Å². The lowest BCUT2D eigenvalue weighted by Gasteiger charge is -2.26. The van der Waals surface area contributed by atoms with E-state index >= 15 is 0 Å².